The van der Waals surface area contributed by atoms with Crippen LogP contribution in [-0.2, 0) is 0 Å². The highest BCUT2D eigenvalue weighted by Gasteiger charge is 2.41. The van der Waals surface area contributed by atoms with Crippen LogP contribution in [0.3, 0.4) is 0 Å². The van der Waals surface area contributed by atoms with Crippen molar-refractivity contribution in [3.05, 3.63) is 0 Å². The van der Waals surface area contributed by atoms with Crippen LogP contribution in [0.25, 0.3) is 0 Å². The fourth-order valence-electron chi connectivity index (χ4n) is 3.20. The summed E-state index contributed by atoms with van der Waals surface area (Å²) in [6, 6.07) is 0. The number of hydrogen-bond donors (Lipinski definition) is 0. The largest absolute Gasteiger partial charge is 0.102 e. The molecule has 0 amide bonds. The van der Waals surface area contributed by atoms with Crippen molar-refractivity contribution in [3.63, 3.8) is 0 Å². The average Bonchev–Trinajstić information content (AvgIpc) is 2.06. The lowest BCUT2D eigenvalue weighted by atomic mass is 10.2. The summed E-state index contributed by atoms with van der Waals surface area (Å²) < 4.78 is 0. The summed E-state index contributed by atoms with van der Waals surface area (Å²) in [5.74, 6) is 0. The summed E-state index contributed by atoms with van der Waals surface area (Å²) in [5, 5.41) is 0.890. The fourth-order valence-corrected chi connectivity index (χ4v) is 16.3. The second-order valence-electron chi connectivity index (χ2n) is 8.78. The van der Waals surface area contributed by atoms with Gasteiger partial charge in [0.25, 0.3) is 0 Å². The highest BCUT2D eigenvalue weighted by atomic mass is 31.2. The predicted octanol–water partition coefficient (Wildman–Crippen LogP) is 6.08. The molecular formula is C16H37PSi. The van der Waals surface area contributed by atoms with Crippen molar-refractivity contribution in [2.45, 2.75) is 91.3 Å². The maximum atomic E-state index is 2.90. The summed E-state index contributed by atoms with van der Waals surface area (Å²) in [4.78, 5) is 0. The second kappa shape index (κ2) is 5.88. The van der Waals surface area contributed by atoms with E-state index in [1.54, 1.807) is 0 Å². The van der Waals surface area contributed by atoms with E-state index in [4.69, 9.17) is 0 Å². The van der Waals surface area contributed by atoms with E-state index in [2.05, 4.69) is 73.5 Å². The van der Waals surface area contributed by atoms with Crippen LogP contribution in [0.2, 0.25) is 19.6 Å². The molecule has 0 bridgehead atoms. The van der Waals surface area contributed by atoms with Crippen molar-refractivity contribution in [3.8, 4) is 0 Å². The molecule has 2 heteroatoms. The van der Waals surface area contributed by atoms with Gasteiger partial charge in [0.15, 0.2) is 0 Å². The van der Waals surface area contributed by atoms with Crippen LogP contribution in [0.15, 0.2) is 0 Å². The van der Waals surface area contributed by atoms with E-state index in [0.29, 0.717) is 10.3 Å². The Kier molecular flexibility index (Phi) is 6.05. The van der Waals surface area contributed by atoms with Gasteiger partial charge in [-0.3, -0.25) is 0 Å². The zero-order valence-corrected chi connectivity index (χ0v) is 16.5. The highest BCUT2D eigenvalue weighted by molar-refractivity contribution is 7.81. The summed E-state index contributed by atoms with van der Waals surface area (Å²) in [6.07, 6.45) is 4.16. The Morgan fingerprint density at radius 1 is 0.889 bits per heavy atom. The third kappa shape index (κ3) is 4.56. The molecule has 0 rings (SSSR count). The van der Waals surface area contributed by atoms with Crippen LogP contribution in [0.1, 0.15) is 61.3 Å². The maximum Gasteiger partial charge on any atom is 0.0689 e. The molecule has 18 heavy (non-hydrogen) atoms. The van der Waals surface area contributed by atoms with Gasteiger partial charge in [-0.1, -0.05) is 79.9 Å². The molecule has 0 aromatic heterocycles. The molecule has 0 aliphatic heterocycles. The fraction of sp³-hybridized carbons (Fsp3) is 0.938. The standard InChI is InChI=1S/C16H37PSi/c1-11-12-13-17(15(2,3)4,16(5,6)7)14-18(8,9)10/h14H,11-13H2,1-10H3. The first-order valence-electron chi connectivity index (χ1n) is 7.52. The number of hydrogen-bond acceptors (Lipinski definition) is 0. The van der Waals surface area contributed by atoms with E-state index in [1.165, 1.54) is 19.0 Å². The molecule has 110 valence electrons. The topological polar surface area (TPSA) is 0 Å². The Balaban J connectivity index is 5.99. The predicted molar refractivity (Wildman–Crippen MR) is 95.6 cm³/mol. The zero-order chi connectivity index (χ0) is 14.8. The molecule has 0 unspecified atom stereocenters. The SMILES string of the molecule is CCCCP(=C[Si](C)(C)C)(C(C)(C)C)C(C)(C)C. The second-order valence-corrected chi connectivity index (χ2v) is 19.4. The molecule has 0 aliphatic carbocycles. The number of unbranched alkanes of at least 4 members (excludes halogenated alkanes) is 1. The Bertz CT molecular complexity index is 289. The van der Waals surface area contributed by atoms with Gasteiger partial charge in [0.05, 0.1) is 8.07 Å². The first-order valence-corrected chi connectivity index (χ1v) is 13.1. The van der Waals surface area contributed by atoms with Gasteiger partial charge in [-0.15, -0.1) is 6.89 Å². The molecule has 0 nitrogen and oxygen atoms in total. The summed E-state index contributed by atoms with van der Waals surface area (Å²) >= 11 is 0. The molecule has 0 fully saturated rings. The van der Waals surface area contributed by atoms with Crippen molar-refractivity contribution < 1.29 is 0 Å². The van der Waals surface area contributed by atoms with Crippen molar-refractivity contribution in [2.75, 3.05) is 6.16 Å². The lowest BCUT2D eigenvalue weighted by Gasteiger charge is -2.50. The molecule has 0 aromatic rings. The monoisotopic (exact) mass is 288 g/mol. The van der Waals surface area contributed by atoms with Gasteiger partial charge in [0.1, 0.15) is 0 Å². The quantitative estimate of drug-likeness (QED) is 0.434. The van der Waals surface area contributed by atoms with E-state index in [1.807, 2.05) is 0 Å². The van der Waals surface area contributed by atoms with Gasteiger partial charge >= 0.3 is 0 Å². The summed E-state index contributed by atoms with van der Waals surface area (Å²) in [7, 11) is -1.14. The third-order valence-corrected chi connectivity index (χ3v) is 14.5. The van der Waals surface area contributed by atoms with Crippen molar-refractivity contribution in [1.82, 2.24) is 0 Å². The molecule has 0 N–H and O–H groups in total. The van der Waals surface area contributed by atoms with Gasteiger partial charge < -0.3 is 0 Å². The van der Waals surface area contributed by atoms with Crippen LogP contribution >= 0.6 is 6.89 Å². The van der Waals surface area contributed by atoms with Crippen LogP contribution in [0.4, 0.5) is 0 Å². The minimum absolute atomic E-state index is 0.445. The van der Waals surface area contributed by atoms with E-state index in [-0.39, 0.29) is 0 Å². The molecule has 0 spiro atoms. The van der Waals surface area contributed by atoms with Crippen molar-refractivity contribution >= 4 is 20.4 Å². The van der Waals surface area contributed by atoms with Gasteiger partial charge in [-0.2, -0.15) is 0 Å². The first kappa shape index (κ1) is 18.5. The van der Waals surface area contributed by atoms with Gasteiger partial charge in [-0.25, -0.2) is 0 Å². The molecular weight excluding hydrogens is 251 g/mol. The van der Waals surface area contributed by atoms with E-state index < -0.39 is 15.0 Å². The van der Waals surface area contributed by atoms with Crippen LogP contribution in [0, 0.1) is 0 Å². The third-order valence-electron chi connectivity index (χ3n) is 3.87. The molecule has 0 aromatic carbocycles. The van der Waals surface area contributed by atoms with E-state index in [9.17, 15) is 0 Å². The lowest BCUT2D eigenvalue weighted by Crippen LogP contribution is -2.37. The van der Waals surface area contributed by atoms with Crippen molar-refractivity contribution in [1.29, 1.82) is 0 Å². The summed E-state index contributed by atoms with van der Waals surface area (Å²) in [5.41, 5.74) is 2.90. The van der Waals surface area contributed by atoms with E-state index in [0.717, 1.165) is 0 Å². The summed E-state index contributed by atoms with van der Waals surface area (Å²) in [6.45, 7) is 23.7. The smallest absolute Gasteiger partial charge is 0.0689 e. The maximum absolute atomic E-state index is 2.90. The zero-order valence-electron chi connectivity index (χ0n) is 14.6. The van der Waals surface area contributed by atoms with Crippen LogP contribution in [-0.4, -0.2) is 30.0 Å². The van der Waals surface area contributed by atoms with Gasteiger partial charge in [0, 0.05) is 0 Å². The normalized spacial score (nSPS) is 14.8. The molecule has 0 heterocycles. The molecule has 0 atom stereocenters. The van der Waals surface area contributed by atoms with E-state index >= 15 is 0 Å². The minimum Gasteiger partial charge on any atom is -0.102 e. The molecule has 0 radical (unpaired) electrons. The van der Waals surface area contributed by atoms with Crippen LogP contribution in [0.5, 0.6) is 0 Å². The lowest BCUT2D eigenvalue weighted by molar-refractivity contribution is 0.692. The molecule has 0 aliphatic rings. The highest BCUT2D eigenvalue weighted by Crippen LogP contribution is 2.68. The Morgan fingerprint density at radius 2 is 1.28 bits per heavy atom. The van der Waals surface area contributed by atoms with Gasteiger partial charge in [0.2, 0.25) is 0 Å². The van der Waals surface area contributed by atoms with Gasteiger partial charge in [-0.05, 0) is 22.9 Å². The van der Waals surface area contributed by atoms with Crippen molar-refractivity contribution in [2.24, 2.45) is 0 Å². The number of rotatable bonds is 4. The molecule has 0 saturated heterocycles. The molecule has 0 saturated carbocycles. The van der Waals surface area contributed by atoms with Crippen LogP contribution < -0.4 is 0 Å². The first-order chi connectivity index (χ1) is 7.77. The Hall–Kier alpha value is 0.517. The Morgan fingerprint density at radius 3 is 1.50 bits per heavy atom. The minimum atomic E-state index is -1.14. The average molecular weight is 289 g/mol. The Labute approximate surface area is 118 Å².